The molecule has 2 amide bonds. The first-order valence-electron chi connectivity index (χ1n) is 13.9. The first-order valence-corrected chi connectivity index (χ1v) is 13.9. The normalized spacial score (nSPS) is 20.7. The number of hydrogen-bond acceptors (Lipinski definition) is 6. The number of hydrazine groups is 1. The molecule has 1 unspecified atom stereocenters. The third-order valence-corrected chi connectivity index (χ3v) is 7.98. The maximum Gasteiger partial charge on any atom is 0.412 e. The average molecular weight is 535 g/mol. The number of para-hydroxylation sites is 1. The third kappa shape index (κ3) is 6.04. The summed E-state index contributed by atoms with van der Waals surface area (Å²) >= 11 is 0. The van der Waals surface area contributed by atoms with Crippen molar-refractivity contribution in [3.05, 3.63) is 65.9 Å². The fraction of sp³-hybridized carbons (Fsp3) is 0.467. The van der Waals surface area contributed by atoms with E-state index in [1.165, 1.54) is 22.8 Å². The quantitative estimate of drug-likeness (QED) is 0.504. The third-order valence-electron chi connectivity index (χ3n) is 7.98. The summed E-state index contributed by atoms with van der Waals surface area (Å²) in [7, 11) is 3.68. The highest BCUT2D eigenvalue weighted by Gasteiger charge is 2.32. The lowest BCUT2D eigenvalue weighted by Crippen LogP contribution is -2.48. The van der Waals surface area contributed by atoms with Gasteiger partial charge in [0, 0.05) is 12.2 Å². The van der Waals surface area contributed by atoms with Crippen LogP contribution in [-0.2, 0) is 0 Å². The van der Waals surface area contributed by atoms with Gasteiger partial charge in [0.25, 0.3) is 5.91 Å². The fourth-order valence-corrected chi connectivity index (χ4v) is 5.79. The first-order chi connectivity index (χ1) is 18.9. The van der Waals surface area contributed by atoms with E-state index >= 15 is 0 Å². The number of anilines is 1. The van der Waals surface area contributed by atoms with Gasteiger partial charge in [-0.15, -0.1) is 0 Å². The van der Waals surface area contributed by atoms with Crippen molar-refractivity contribution >= 4 is 17.7 Å². The number of carboxylic acid groups (broad SMARTS) is 1. The Bertz CT molecular complexity index is 1200. The zero-order valence-electron chi connectivity index (χ0n) is 22.7. The molecule has 0 bridgehead atoms. The number of benzene rings is 2. The molecule has 9 nitrogen and oxygen atoms in total. The molecule has 2 fully saturated rings. The van der Waals surface area contributed by atoms with Crippen LogP contribution in [-0.4, -0.2) is 66.4 Å². The molecule has 0 spiro atoms. The van der Waals surface area contributed by atoms with Crippen LogP contribution in [0.5, 0.6) is 11.5 Å². The summed E-state index contributed by atoms with van der Waals surface area (Å²) in [6, 6.07) is 12.5. The SMILES string of the molecule is COc1ccc(C2CC=CN(C(=O)c3ccccc3N(C(=O)O)C3CCN(C)CC3)N2)cc1OC1CCCC1. The zero-order valence-corrected chi connectivity index (χ0v) is 22.7. The highest BCUT2D eigenvalue weighted by molar-refractivity contribution is 6.03. The predicted octanol–water partition coefficient (Wildman–Crippen LogP) is 5.20. The smallest absolute Gasteiger partial charge is 0.412 e. The van der Waals surface area contributed by atoms with Crippen molar-refractivity contribution in [3.8, 4) is 11.5 Å². The van der Waals surface area contributed by atoms with Gasteiger partial charge in [-0.05, 0) is 94.9 Å². The van der Waals surface area contributed by atoms with E-state index in [2.05, 4.69) is 10.3 Å². The summed E-state index contributed by atoms with van der Waals surface area (Å²) in [5.41, 5.74) is 5.08. The maximum absolute atomic E-state index is 13.8. The first kappa shape index (κ1) is 27.0. The van der Waals surface area contributed by atoms with Crippen molar-refractivity contribution < 1.29 is 24.2 Å². The number of nitrogens with zero attached hydrogens (tertiary/aromatic N) is 3. The molecule has 1 saturated carbocycles. The number of nitrogens with one attached hydrogen (secondary N) is 1. The summed E-state index contributed by atoms with van der Waals surface area (Å²) in [5, 5.41) is 11.6. The Morgan fingerprint density at radius 1 is 1.03 bits per heavy atom. The molecule has 1 aliphatic carbocycles. The molecule has 208 valence electrons. The minimum atomic E-state index is -1.04. The largest absolute Gasteiger partial charge is 0.493 e. The number of hydrogen-bond donors (Lipinski definition) is 2. The monoisotopic (exact) mass is 534 g/mol. The molecule has 0 radical (unpaired) electrons. The molecule has 2 aliphatic heterocycles. The van der Waals surface area contributed by atoms with Crippen LogP contribution in [0, 0.1) is 0 Å². The van der Waals surface area contributed by atoms with Crippen molar-refractivity contribution in [2.75, 3.05) is 32.1 Å². The van der Waals surface area contributed by atoms with E-state index in [1.54, 1.807) is 37.6 Å². The van der Waals surface area contributed by atoms with Crippen LogP contribution in [0.15, 0.2) is 54.7 Å². The van der Waals surface area contributed by atoms with E-state index in [0.29, 0.717) is 23.4 Å². The van der Waals surface area contributed by atoms with Crippen molar-refractivity contribution in [1.29, 1.82) is 0 Å². The Morgan fingerprint density at radius 2 is 1.77 bits per heavy atom. The lowest BCUT2D eigenvalue weighted by Gasteiger charge is -2.37. The van der Waals surface area contributed by atoms with Gasteiger partial charge in [0.15, 0.2) is 11.5 Å². The van der Waals surface area contributed by atoms with Crippen LogP contribution in [0.4, 0.5) is 10.5 Å². The Kier molecular flexibility index (Phi) is 8.38. The Morgan fingerprint density at radius 3 is 2.49 bits per heavy atom. The van der Waals surface area contributed by atoms with Gasteiger partial charge in [0.1, 0.15) is 0 Å². The van der Waals surface area contributed by atoms with Gasteiger partial charge in [-0.3, -0.25) is 9.69 Å². The van der Waals surface area contributed by atoms with Crippen LogP contribution in [0.2, 0.25) is 0 Å². The second kappa shape index (κ2) is 12.1. The fourth-order valence-electron chi connectivity index (χ4n) is 5.79. The number of piperidine rings is 1. The molecule has 39 heavy (non-hydrogen) atoms. The number of carbonyl (C=O) groups is 2. The van der Waals surface area contributed by atoms with Crippen molar-refractivity contribution in [2.45, 2.75) is 63.1 Å². The highest BCUT2D eigenvalue weighted by Crippen LogP contribution is 2.36. The lowest BCUT2D eigenvalue weighted by atomic mass is 10.0. The van der Waals surface area contributed by atoms with E-state index < -0.39 is 6.09 Å². The Balaban J connectivity index is 1.36. The summed E-state index contributed by atoms with van der Waals surface area (Å²) in [6.45, 7) is 1.63. The van der Waals surface area contributed by atoms with Gasteiger partial charge in [0.2, 0.25) is 0 Å². The predicted molar refractivity (Wildman–Crippen MR) is 149 cm³/mol. The molecule has 2 aromatic carbocycles. The minimum absolute atomic E-state index is 0.160. The van der Waals surface area contributed by atoms with Gasteiger partial charge in [-0.2, -0.15) is 0 Å². The summed E-state index contributed by atoms with van der Waals surface area (Å²) < 4.78 is 11.8. The molecule has 2 heterocycles. The van der Waals surface area contributed by atoms with Gasteiger partial charge in [0.05, 0.1) is 30.5 Å². The van der Waals surface area contributed by atoms with E-state index in [4.69, 9.17) is 9.47 Å². The van der Waals surface area contributed by atoms with E-state index in [0.717, 1.165) is 50.1 Å². The molecule has 5 rings (SSSR count). The van der Waals surface area contributed by atoms with Gasteiger partial charge in [-0.25, -0.2) is 15.2 Å². The number of ether oxygens (including phenoxy) is 2. The average Bonchev–Trinajstić information content (AvgIpc) is 3.47. The molecule has 2 aromatic rings. The summed E-state index contributed by atoms with van der Waals surface area (Å²) in [6.07, 6.45) is 9.41. The molecule has 9 heteroatoms. The molecule has 1 saturated heterocycles. The van der Waals surface area contributed by atoms with Gasteiger partial charge in [-0.1, -0.05) is 24.3 Å². The van der Waals surface area contributed by atoms with Crippen LogP contribution in [0.25, 0.3) is 0 Å². The van der Waals surface area contributed by atoms with Gasteiger partial charge >= 0.3 is 6.09 Å². The highest BCUT2D eigenvalue weighted by atomic mass is 16.5. The topological polar surface area (TPSA) is 94.6 Å². The number of likely N-dealkylation sites (tertiary alicyclic amines) is 1. The summed E-state index contributed by atoms with van der Waals surface area (Å²) in [5.74, 6) is 1.11. The molecule has 1 atom stereocenters. The zero-order chi connectivity index (χ0) is 27.4. The van der Waals surface area contributed by atoms with Crippen LogP contribution in [0.1, 0.15) is 66.9 Å². The molecular weight excluding hydrogens is 496 g/mol. The number of methoxy groups -OCH3 is 1. The van der Waals surface area contributed by atoms with Crippen molar-refractivity contribution in [1.82, 2.24) is 15.3 Å². The minimum Gasteiger partial charge on any atom is -0.493 e. The van der Waals surface area contributed by atoms with Crippen LogP contribution in [0.3, 0.4) is 0 Å². The van der Waals surface area contributed by atoms with Gasteiger partial charge < -0.3 is 19.5 Å². The Labute approximate surface area is 229 Å². The van der Waals surface area contributed by atoms with Crippen LogP contribution < -0.4 is 19.8 Å². The number of rotatable bonds is 7. The molecular formula is C30H38N4O5. The Hall–Kier alpha value is -3.56. The number of amides is 2. The number of carbonyl (C=O) groups excluding carboxylic acids is 1. The van der Waals surface area contributed by atoms with Crippen molar-refractivity contribution in [3.63, 3.8) is 0 Å². The van der Waals surface area contributed by atoms with E-state index in [-0.39, 0.29) is 24.1 Å². The van der Waals surface area contributed by atoms with E-state index in [1.807, 2.05) is 31.3 Å². The summed E-state index contributed by atoms with van der Waals surface area (Å²) in [4.78, 5) is 29.8. The maximum atomic E-state index is 13.8. The van der Waals surface area contributed by atoms with Crippen LogP contribution >= 0.6 is 0 Å². The molecule has 0 aromatic heterocycles. The second-order valence-corrected chi connectivity index (χ2v) is 10.6. The second-order valence-electron chi connectivity index (χ2n) is 10.6. The van der Waals surface area contributed by atoms with E-state index in [9.17, 15) is 14.7 Å². The molecule has 3 aliphatic rings. The lowest BCUT2D eigenvalue weighted by molar-refractivity contribution is 0.0713. The standard InChI is InChI=1S/C30H38N4O5/c1-32-18-15-22(16-19-32)34(30(36)37)26-12-6-5-10-24(26)29(35)33-17-7-11-25(31-33)21-13-14-27(38-2)28(20-21)39-23-8-3-4-9-23/h5-7,10,12-14,17,20,22-23,25,31H,3-4,8-9,11,15-16,18-19H2,1-2H3,(H,36,37). The molecule has 2 N–H and O–H groups in total. The van der Waals surface area contributed by atoms with Crippen molar-refractivity contribution in [2.24, 2.45) is 0 Å².